The van der Waals surface area contributed by atoms with Crippen molar-refractivity contribution in [3.8, 4) is 0 Å². The minimum Gasteiger partial charge on any atom is -0.399 e. The predicted molar refractivity (Wildman–Crippen MR) is 75.2 cm³/mol. The van der Waals surface area contributed by atoms with Gasteiger partial charge in [-0.15, -0.1) is 0 Å². The molecular weight excluding hydrogens is 246 g/mol. The smallest absolute Gasteiger partial charge is 0.399 e. The highest BCUT2D eigenvalue weighted by molar-refractivity contribution is 6.60. The van der Waals surface area contributed by atoms with Crippen LogP contribution in [0.5, 0.6) is 0 Å². The van der Waals surface area contributed by atoms with Gasteiger partial charge < -0.3 is 19.0 Å². The summed E-state index contributed by atoms with van der Waals surface area (Å²) in [5, 5.41) is 0. The second kappa shape index (κ2) is 7.53. The monoisotopic (exact) mass is 269 g/mol. The minimum absolute atomic E-state index is 0.592. The van der Waals surface area contributed by atoms with Gasteiger partial charge in [0.15, 0.2) is 0 Å². The van der Waals surface area contributed by atoms with E-state index in [1.54, 1.807) is 0 Å². The predicted octanol–water partition coefficient (Wildman–Crippen LogP) is 2.40. The van der Waals surface area contributed by atoms with Gasteiger partial charge in [-0.25, -0.2) is 0 Å². The number of nitrogen functional groups attached to an aromatic ring is 1. The molecule has 1 aromatic rings. The number of hydrogen-bond donors (Lipinski definition) is 1. The second-order valence-corrected chi connectivity index (χ2v) is 6.49. The molecule has 0 amide bonds. The zero-order valence-electron chi connectivity index (χ0n) is 11.4. The molecule has 102 valence electrons. The van der Waals surface area contributed by atoms with E-state index in [0.717, 1.165) is 11.3 Å². The largest absolute Gasteiger partial charge is 0.505 e. The summed E-state index contributed by atoms with van der Waals surface area (Å²) in [6, 6.07) is 8.43. The highest BCUT2D eigenvalue weighted by Gasteiger charge is 2.40. The van der Waals surface area contributed by atoms with Gasteiger partial charge >= 0.3 is 8.80 Å². The van der Waals surface area contributed by atoms with Crippen LogP contribution >= 0.6 is 0 Å². The summed E-state index contributed by atoms with van der Waals surface area (Å²) in [5.74, 6) is 0. The van der Waals surface area contributed by atoms with Gasteiger partial charge in [0.2, 0.25) is 0 Å². The maximum atomic E-state index is 5.81. The third-order valence-electron chi connectivity index (χ3n) is 2.46. The fourth-order valence-corrected chi connectivity index (χ4v) is 4.49. The van der Waals surface area contributed by atoms with Crippen molar-refractivity contribution in [1.82, 2.24) is 0 Å². The van der Waals surface area contributed by atoms with Gasteiger partial charge in [0.25, 0.3) is 0 Å². The van der Waals surface area contributed by atoms with Gasteiger partial charge in [-0.3, -0.25) is 0 Å². The summed E-state index contributed by atoms with van der Waals surface area (Å²) in [5.41, 5.74) is 7.64. The van der Waals surface area contributed by atoms with Crippen LogP contribution in [0.25, 0.3) is 0 Å². The fourth-order valence-electron chi connectivity index (χ4n) is 1.89. The van der Waals surface area contributed by atoms with Gasteiger partial charge in [0, 0.05) is 31.6 Å². The van der Waals surface area contributed by atoms with Crippen LogP contribution in [0.1, 0.15) is 26.3 Å². The highest BCUT2D eigenvalue weighted by atomic mass is 28.4. The van der Waals surface area contributed by atoms with E-state index in [-0.39, 0.29) is 0 Å². The average Bonchev–Trinajstić information content (AvgIpc) is 2.30. The summed E-state index contributed by atoms with van der Waals surface area (Å²) in [4.78, 5) is 0. The highest BCUT2D eigenvalue weighted by Crippen LogP contribution is 2.18. The van der Waals surface area contributed by atoms with Crippen LogP contribution in [0.4, 0.5) is 5.69 Å². The van der Waals surface area contributed by atoms with Crippen molar-refractivity contribution >= 4 is 14.5 Å². The first kappa shape index (κ1) is 15.2. The van der Waals surface area contributed by atoms with Gasteiger partial charge in [-0.05, 0) is 38.5 Å². The molecule has 0 bridgehead atoms. The van der Waals surface area contributed by atoms with Crippen LogP contribution < -0.4 is 5.73 Å². The molecule has 0 unspecified atom stereocenters. The van der Waals surface area contributed by atoms with Crippen LogP contribution in [-0.4, -0.2) is 28.6 Å². The SMILES string of the molecule is CCO[Si](Cc1cccc(N)c1)(OCC)OCC. The zero-order valence-corrected chi connectivity index (χ0v) is 12.4. The van der Waals surface area contributed by atoms with Crippen molar-refractivity contribution in [2.75, 3.05) is 25.6 Å². The van der Waals surface area contributed by atoms with E-state index in [4.69, 9.17) is 19.0 Å². The molecule has 0 spiro atoms. The molecule has 0 aromatic heterocycles. The molecule has 18 heavy (non-hydrogen) atoms. The molecule has 0 aliphatic heterocycles. The topological polar surface area (TPSA) is 53.7 Å². The van der Waals surface area contributed by atoms with E-state index < -0.39 is 8.80 Å². The Kier molecular flexibility index (Phi) is 6.35. The normalized spacial score (nSPS) is 11.7. The van der Waals surface area contributed by atoms with E-state index in [9.17, 15) is 0 Å². The molecule has 0 fully saturated rings. The Morgan fingerprint density at radius 1 is 1.00 bits per heavy atom. The lowest BCUT2D eigenvalue weighted by molar-refractivity contribution is 0.0704. The van der Waals surface area contributed by atoms with Crippen LogP contribution in [0.15, 0.2) is 24.3 Å². The molecule has 0 heterocycles. The number of hydrogen-bond acceptors (Lipinski definition) is 4. The van der Waals surface area contributed by atoms with E-state index in [0.29, 0.717) is 25.9 Å². The molecule has 0 aliphatic carbocycles. The second-order valence-electron chi connectivity index (χ2n) is 3.90. The van der Waals surface area contributed by atoms with E-state index >= 15 is 0 Å². The molecule has 1 rings (SSSR count). The van der Waals surface area contributed by atoms with Crippen molar-refractivity contribution in [3.05, 3.63) is 29.8 Å². The Hall–Kier alpha value is -0.883. The van der Waals surface area contributed by atoms with Crippen molar-refractivity contribution in [2.45, 2.75) is 26.8 Å². The molecular formula is C13H23NO3Si. The number of rotatable bonds is 8. The Morgan fingerprint density at radius 3 is 2.00 bits per heavy atom. The molecule has 1 aromatic carbocycles. The molecule has 0 aliphatic rings. The molecule has 0 saturated carbocycles. The Morgan fingerprint density at radius 2 is 1.56 bits per heavy atom. The standard InChI is InChI=1S/C13H23NO3Si/c1-4-15-18(16-5-2,17-6-3)11-12-8-7-9-13(14)10-12/h7-10H,4-6,11,14H2,1-3H3. The quantitative estimate of drug-likeness (QED) is 0.581. The van der Waals surface area contributed by atoms with Crippen molar-refractivity contribution in [2.24, 2.45) is 0 Å². The zero-order chi connectivity index (χ0) is 13.4. The average molecular weight is 269 g/mol. The fraction of sp³-hybridized carbons (Fsp3) is 0.538. The van der Waals surface area contributed by atoms with Crippen molar-refractivity contribution < 1.29 is 13.3 Å². The Labute approximate surface area is 110 Å². The third-order valence-corrected chi connectivity index (χ3v) is 5.49. The number of benzene rings is 1. The third kappa shape index (κ3) is 4.42. The van der Waals surface area contributed by atoms with Crippen molar-refractivity contribution in [3.63, 3.8) is 0 Å². The molecule has 0 radical (unpaired) electrons. The molecule has 0 saturated heterocycles. The Bertz CT molecular complexity index is 343. The van der Waals surface area contributed by atoms with Crippen LogP contribution in [0.3, 0.4) is 0 Å². The maximum absolute atomic E-state index is 5.81. The summed E-state index contributed by atoms with van der Waals surface area (Å²) in [6.45, 7) is 7.65. The van der Waals surface area contributed by atoms with Crippen LogP contribution in [-0.2, 0) is 19.3 Å². The van der Waals surface area contributed by atoms with E-state index in [1.165, 1.54) is 0 Å². The van der Waals surface area contributed by atoms with E-state index in [1.807, 2.05) is 45.0 Å². The van der Waals surface area contributed by atoms with Crippen LogP contribution in [0, 0.1) is 0 Å². The summed E-state index contributed by atoms with van der Waals surface area (Å²) in [6.07, 6.45) is 0. The first-order valence-electron chi connectivity index (χ1n) is 6.42. The lowest BCUT2D eigenvalue weighted by Crippen LogP contribution is -2.48. The number of nitrogens with two attached hydrogens (primary N) is 1. The van der Waals surface area contributed by atoms with Gasteiger partial charge in [-0.1, -0.05) is 12.1 Å². The van der Waals surface area contributed by atoms with E-state index in [2.05, 4.69) is 0 Å². The van der Waals surface area contributed by atoms with Gasteiger partial charge in [-0.2, -0.15) is 0 Å². The molecule has 2 N–H and O–H groups in total. The minimum atomic E-state index is -2.61. The summed E-state index contributed by atoms with van der Waals surface area (Å²) in [7, 11) is -2.61. The molecule has 5 heteroatoms. The Balaban J connectivity index is 2.87. The first-order valence-corrected chi connectivity index (χ1v) is 8.35. The lowest BCUT2D eigenvalue weighted by Gasteiger charge is -2.28. The summed E-state index contributed by atoms with van der Waals surface area (Å²) >= 11 is 0. The maximum Gasteiger partial charge on any atom is 0.505 e. The van der Waals surface area contributed by atoms with Crippen LogP contribution in [0.2, 0.25) is 0 Å². The number of anilines is 1. The van der Waals surface area contributed by atoms with Gasteiger partial charge in [0.05, 0.1) is 0 Å². The van der Waals surface area contributed by atoms with Crippen molar-refractivity contribution in [1.29, 1.82) is 0 Å². The first-order chi connectivity index (χ1) is 8.65. The summed E-state index contributed by atoms with van der Waals surface area (Å²) < 4.78 is 17.4. The lowest BCUT2D eigenvalue weighted by atomic mass is 10.2. The molecule has 4 nitrogen and oxygen atoms in total. The molecule has 0 atom stereocenters. The van der Waals surface area contributed by atoms with Gasteiger partial charge in [0.1, 0.15) is 0 Å².